The maximum Gasteiger partial charge on any atom is 0.0133 e. The highest BCUT2D eigenvalue weighted by molar-refractivity contribution is 4.69. The van der Waals surface area contributed by atoms with Crippen molar-refractivity contribution >= 4 is 0 Å². The molecule has 0 aliphatic carbocycles. The van der Waals surface area contributed by atoms with E-state index in [9.17, 15) is 0 Å². The second kappa shape index (κ2) is 4.70. The summed E-state index contributed by atoms with van der Waals surface area (Å²) in [6.07, 6.45) is 3.81. The third-order valence-electron chi connectivity index (χ3n) is 2.51. The highest BCUT2D eigenvalue weighted by Crippen LogP contribution is 2.17. The van der Waals surface area contributed by atoms with Gasteiger partial charge in [0.15, 0.2) is 0 Å². The average Bonchev–Trinajstić information content (AvgIpc) is 2.07. The van der Waals surface area contributed by atoms with Crippen LogP contribution in [0.25, 0.3) is 0 Å². The fourth-order valence-corrected chi connectivity index (χ4v) is 1.68. The van der Waals surface area contributed by atoms with Gasteiger partial charge in [0, 0.05) is 13.1 Å². The van der Waals surface area contributed by atoms with Crippen molar-refractivity contribution in [2.24, 2.45) is 11.7 Å². The highest BCUT2D eigenvalue weighted by atomic mass is 15.5. The zero-order valence-corrected chi connectivity index (χ0v) is 7.34. The minimum Gasteiger partial charge on any atom is -0.330 e. The third kappa shape index (κ3) is 2.77. The molecule has 1 aliphatic heterocycles. The smallest absolute Gasteiger partial charge is 0.0133 e. The number of hydrazine groups is 1. The van der Waals surface area contributed by atoms with Gasteiger partial charge in [0.2, 0.25) is 0 Å². The Balaban J connectivity index is 2.14. The lowest BCUT2D eigenvalue weighted by Gasteiger charge is -2.30. The molecular weight excluding hydrogens is 138 g/mol. The predicted octanol–water partition coefficient (Wildman–Crippen LogP) is 0.182. The van der Waals surface area contributed by atoms with E-state index in [0.29, 0.717) is 0 Å². The summed E-state index contributed by atoms with van der Waals surface area (Å²) in [4.78, 5) is 0. The van der Waals surface area contributed by atoms with E-state index < -0.39 is 0 Å². The van der Waals surface area contributed by atoms with Crippen molar-refractivity contribution < 1.29 is 0 Å². The van der Waals surface area contributed by atoms with Gasteiger partial charge in [0.05, 0.1) is 0 Å². The van der Waals surface area contributed by atoms with Gasteiger partial charge >= 0.3 is 0 Å². The molecule has 3 N–H and O–H groups in total. The summed E-state index contributed by atoms with van der Waals surface area (Å²) >= 11 is 0. The first kappa shape index (κ1) is 8.97. The summed E-state index contributed by atoms with van der Waals surface area (Å²) in [5.41, 5.74) is 8.67. The zero-order chi connectivity index (χ0) is 8.10. The Labute approximate surface area is 68.9 Å². The Hall–Kier alpha value is -0.120. The molecule has 0 aromatic rings. The van der Waals surface area contributed by atoms with Crippen LogP contribution in [0.15, 0.2) is 0 Å². The van der Waals surface area contributed by atoms with Crippen LogP contribution in [0.2, 0.25) is 0 Å². The Morgan fingerprint density at radius 1 is 1.45 bits per heavy atom. The molecule has 1 saturated heterocycles. The van der Waals surface area contributed by atoms with Gasteiger partial charge in [-0.3, -0.25) is 5.43 Å². The lowest BCUT2D eigenvalue weighted by atomic mass is 9.94. The van der Waals surface area contributed by atoms with Crippen molar-refractivity contribution in [3.05, 3.63) is 0 Å². The van der Waals surface area contributed by atoms with Crippen LogP contribution in [0.4, 0.5) is 0 Å². The fourth-order valence-electron chi connectivity index (χ4n) is 1.68. The van der Waals surface area contributed by atoms with Crippen LogP contribution in [0.5, 0.6) is 0 Å². The molecule has 3 heteroatoms. The van der Waals surface area contributed by atoms with Gasteiger partial charge in [-0.15, -0.1) is 0 Å². The lowest BCUT2D eigenvalue weighted by molar-refractivity contribution is 0.135. The van der Waals surface area contributed by atoms with Crippen molar-refractivity contribution in [1.29, 1.82) is 0 Å². The van der Waals surface area contributed by atoms with E-state index >= 15 is 0 Å². The number of hydrogen-bond acceptors (Lipinski definition) is 3. The first-order valence-electron chi connectivity index (χ1n) is 4.49. The van der Waals surface area contributed by atoms with E-state index in [1.807, 2.05) is 7.05 Å². The molecule has 66 valence electrons. The fraction of sp³-hybridized carbons (Fsp3) is 1.00. The number of hydrogen-bond donors (Lipinski definition) is 2. The van der Waals surface area contributed by atoms with Gasteiger partial charge in [-0.25, -0.2) is 5.01 Å². The molecule has 0 atom stereocenters. The number of nitrogens with one attached hydrogen (secondary N) is 1. The molecule has 1 aliphatic rings. The van der Waals surface area contributed by atoms with E-state index in [2.05, 4.69) is 10.4 Å². The van der Waals surface area contributed by atoms with E-state index in [1.54, 1.807) is 0 Å². The van der Waals surface area contributed by atoms with Gasteiger partial charge in [-0.05, 0) is 38.8 Å². The molecule has 1 rings (SSSR count). The van der Waals surface area contributed by atoms with Gasteiger partial charge < -0.3 is 5.73 Å². The Morgan fingerprint density at radius 3 is 2.55 bits per heavy atom. The molecule has 11 heavy (non-hydrogen) atoms. The average molecular weight is 157 g/mol. The second-order valence-corrected chi connectivity index (χ2v) is 3.23. The maximum atomic E-state index is 5.50. The number of nitrogens with zero attached hydrogens (tertiary/aromatic N) is 1. The van der Waals surface area contributed by atoms with Crippen molar-refractivity contribution in [2.45, 2.75) is 19.3 Å². The first-order valence-corrected chi connectivity index (χ1v) is 4.49. The van der Waals surface area contributed by atoms with Crippen LogP contribution in [0.1, 0.15) is 19.3 Å². The molecule has 0 unspecified atom stereocenters. The molecule has 0 aromatic heterocycles. The summed E-state index contributed by atoms with van der Waals surface area (Å²) in [5.74, 6) is 0.879. The van der Waals surface area contributed by atoms with E-state index in [0.717, 1.165) is 12.5 Å². The topological polar surface area (TPSA) is 41.3 Å². The number of nitrogens with two attached hydrogens (primary N) is 1. The molecule has 3 nitrogen and oxygen atoms in total. The third-order valence-corrected chi connectivity index (χ3v) is 2.51. The SMILES string of the molecule is CNN1CCC(CCN)CC1. The molecule has 0 amide bonds. The van der Waals surface area contributed by atoms with Gasteiger partial charge in [0.25, 0.3) is 0 Å². The van der Waals surface area contributed by atoms with Gasteiger partial charge in [-0.1, -0.05) is 0 Å². The normalized spacial score (nSPS) is 22.4. The molecule has 1 fully saturated rings. The summed E-state index contributed by atoms with van der Waals surface area (Å²) in [5, 5.41) is 2.27. The Bertz CT molecular complexity index is 97.5. The summed E-state index contributed by atoms with van der Waals surface area (Å²) < 4.78 is 0. The van der Waals surface area contributed by atoms with Crippen molar-refractivity contribution in [3.63, 3.8) is 0 Å². The second-order valence-electron chi connectivity index (χ2n) is 3.23. The molecule has 0 spiro atoms. The highest BCUT2D eigenvalue weighted by Gasteiger charge is 2.16. The molecular formula is C8H19N3. The lowest BCUT2D eigenvalue weighted by Crippen LogP contribution is -2.41. The van der Waals surface area contributed by atoms with Gasteiger partial charge in [-0.2, -0.15) is 0 Å². The monoisotopic (exact) mass is 157 g/mol. The molecule has 0 aromatic carbocycles. The van der Waals surface area contributed by atoms with Crippen molar-refractivity contribution in [1.82, 2.24) is 10.4 Å². The Morgan fingerprint density at radius 2 is 2.09 bits per heavy atom. The molecule has 1 heterocycles. The maximum absolute atomic E-state index is 5.50. The van der Waals surface area contributed by atoms with Crippen LogP contribution in [0.3, 0.4) is 0 Å². The number of piperidine rings is 1. The van der Waals surface area contributed by atoms with Crippen LogP contribution in [-0.2, 0) is 0 Å². The van der Waals surface area contributed by atoms with Crippen LogP contribution in [0, 0.1) is 5.92 Å². The van der Waals surface area contributed by atoms with E-state index in [1.165, 1.54) is 32.4 Å². The summed E-state index contributed by atoms with van der Waals surface area (Å²) in [7, 11) is 1.99. The molecule has 0 bridgehead atoms. The van der Waals surface area contributed by atoms with Crippen molar-refractivity contribution in [2.75, 3.05) is 26.7 Å². The number of rotatable bonds is 3. The largest absolute Gasteiger partial charge is 0.330 e. The van der Waals surface area contributed by atoms with Crippen LogP contribution < -0.4 is 11.2 Å². The molecule has 0 saturated carbocycles. The van der Waals surface area contributed by atoms with Gasteiger partial charge in [0.1, 0.15) is 0 Å². The molecule has 0 radical (unpaired) electrons. The van der Waals surface area contributed by atoms with E-state index in [-0.39, 0.29) is 0 Å². The standard InChI is InChI=1S/C8H19N3/c1-10-11-6-3-8(2-5-9)4-7-11/h8,10H,2-7,9H2,1H3. The van der Waals surface area contributed by atoms with Crippen molar-refractivity contribution in [3.8, 4) is 0 Å². The van der Waals surface area contributed by atoms with Crippen LogP contribution >= 0.6 is 0 Å². The van der Waals surface area contributed by atoms with E-state index in [4.69, 9.17) is 5.73 Å². The summed E-state index contributed by atoms with van der Waals surface area (Å²) in [6.45, 7) is 3.21. The summed E-state index contributed by atoms with van der Waals surface area (Å²) in [6, 6.07) is 0. The predicted molar refractivity (Wildman–Crippen MR) is 47.0 cm³/mol. The minimum atomic E-state index is 0.851. The minimum absolute atomic E-state index is 0.851. The quantitative estimate of drug-likeness (QED) is 0.614. The zero-order valence-electron chi connectivity index (χ0n) is 7.34. The van der Waals surface area contributed by atoms with Crippen LogP contribution in [-0.4, -0.2) is 31.7 Å². The Kier molecular flexibility index (Phi) is 3.83. The first-order chi connectivity index (χ1) is 5.36.